The average Bonchev–Trinajstić information content (AvgIpc) is 3.57. The van der Waals surface area contributed by atoms with Crippen LogP contribution in [0.5, 0.6) is 0 Å². The second-order valence-electron chi connectivity index (χ2n) is 5.69. The van der Waals surface area contributed by atoms with Crippen molar-refractivity contribution in [1.29, 1.82) is 0 Å². The van der Waals surface area contributed by atoms with Crippen molar-refractivity contribution in [2.24, 2.45) is 0 Å². The summed E-state index contributed by atoms with van der Waals surface area (Å²) in [6, 6.07) is 5.05. The molecule has 0 aliphatic heterocycles. The number of ether oxygens (including phenoxy) is 1. The maximum Gasteiger partial charge on any atom is 1.00 e. The van der Waals surface area contributed by atoms with Gasteiger partial charge in [0.1, 0.15) is 23.0 Å². The zero-order chi connectivity index (χ0) is 29.2. The number of aliphatic hydroxyl groups excluding tert-OH is 2. The molecular weight excluding hydrogens is 594 g/mol. The summed E-state index contributed by atoms with van der Waals surface area (Å²) in [5.41, 5.74) is 1.61. The van der Waals surface area contributed by atoms with E-state index in [2.05, 4.69) is 50.6 Å². The molecule has 2 N–H and O–H groups in total. The van der Waals surface area contributed by atoms with Gasteiger partial charge in [0.05, 0.1) is 24.8 Å². The number of carbonyl (C=O) groups is 1. The number of aromatic nitrogens is 3. The molecule has 3 heterocycles. The molecule has 0 aliphatic rings. The Balaban J connectivity index is -0.0000000910. The van der Waals surface area contributed by atoms with E-state index >= 15 is 0 Å². The summed E-state index contributed by atoms with van der Waals surface area (Å²) in [6.45, 7) is 11.6. The van der Waals surface area contributed by atoms with Crippen LogP contribution in [0.4, 0.5) is 0 Å². The van der Waals surface area contributed by atoms with Crippen molar-refractivity contribution >= 4 is 56.6 Å². The first-order valence-corrected chi connectivity index (χ1v) is 13.6. The number of alkyl halides is 1. The Morgan fingerprint density at radius 1 is 1.03 bits per heavy atom. The molecule has 0 amide bonds. The largest absolute Gasteiger partial charge is 1.00 e. The van der Waals surface area contributed by atoms with E-state index in [0.717, 1.165) is 17.2 Å². The Labute approximate surface area is 267 Å². The van der Waals surface area contributed by atoms with E-state index in [0.29, 0.717) is 30.8 Å². The van der Waals surface area contributed by atoms with Crippen LogP contribution < -0.4 is 29.6 Å². The van der Waals surface area contributed by atoms with Crippen LogP contribution in [-0.2, 0) is 26.5 Å². The van der Waals surface area contributed by atoms with E-state index < -0.39 is 15.2 Å². The van der Waals surface area contributed by atoms with Crippen molar-refractivity contribution in [3.05, 3.63) is 52.6 Å². The van der Waals surface area contributed by atoms with Crippen molar-refractivity contribution in [3.63, 3.8) is 0 Å². The fraction of sp³-hybridized carbons (Fsp3) is 0.524. The third kappa shape index (κ3) is 29.7. The summed E-state index contributed by atoms with van der Waals surface area (Å²) in [5, 5.41) is 26.6. The van der Waals surface area contributed by atoms with Gasteiger partial charge < -0.3 is 29.9 Å². The number of halogens is 3. The van der Waals surface area contributed by atoms with Gasteiger partial charge in [-0.2, -0.15) is 0 Å². The summed E-state index contributed by atoms with van der Waals surface area (Å²) in [6.07, 6.45) is 0. The van der Waals surface area contributed by atoms with Gasteiger partial charge in [0.25, 0.3) is 0 Å². The first-order valence-electron chi connectivity index (χ1n) is 10.9. The molecule has 0 atom stereocenters. The Kier molecular flexibility index (Phi) is 37.5. The van der Waals surface area contributed by atoms with Crippen molar-refractivity contribution < 1.29 is 69.9 Å². The number of carbonyl (C=O) groups excluding carboxylic acids is 1. The third-order valence-electron chi connectivity index (χ3n) is 2.76. The van der Waals surface area contributed by atoms with Gasteiger partial charge in [0.2, 0.25) is 9.23 Å². The topological polar surface area (TPSA) is 162 Å². The molecule has 0 unspecified atom stereocenters. The predicted octanol–water partition coefficient (Wildman–Crippen LogP) is 2.16. The molecule has 0 saturated heterocycles. The molecule has 0 saturated carbocycles. The minimum atomic E-state index is -1.67. The number of aryl methyl sites for hydroxylation is 3. The maximum absolute atomic E-state index is 10.9. The van der Waals surface area contributed by atoms with E-state index in [9.17, 15) is 4.79 Å². The van der Waals surface area contributed by atoms with Gasteiger partial charge >= 0.3 is 35.5 Å². The van der Waals surface area contributed by atoms with Gasteiger partial charge in [-0.3, -0.25) is 0 Å². The normalized spacial score (nSPS) is 8.79. The van der Waals surface area contributed by atoms with Gasteiger partial charge in [0, 0.05) is 56.0 Å². The zero-order valence-electron chi connectivity index (χ0n) is 24.6. The second kappa shape index (κ2) is 32.3. The van der Waals surface area contributed by atoms with E-state index in [1.54, 1.807) is 40.7 Å². The summed E-state index contributed by atoms with van der Waals surface area (Å²) in [4.78, 5) is 10.9. The number of esters is 1. The van der Waals surface area contributed by atoms with Gasteiger partial charge in [-0.15, -0.1) is 11.6 Å². The van der Waals surface area contributed by atoms with Crippen LogP contribution in [0.1, 0.15) is 69.6 Å². The van der Waals surface area contributed by atoms with E-state index in [-0.39, 0.29) is 58.3 Å². The molecule has 0 fully saturated rings. The van der Waals surface area contributed by atoms with Crippen LogP contribution in [-0.4, -0.2) is 57.5 Å². The molecule has 0 aromatic carbocycles. The number of hydrogen-bond acceptors (Lipinski definition) is 11. The molecule has 3 aromatic rings. The molecule has 3 rings (SSSR count). The number of rotatable bonds is 4. The van der Waals surface area contributed by atoms with Crippen LogP contribution in [0.3, 0.4) is 0 Å². The van der Waals surface area contributed by atoms with Crippen molar-refractivity contribution in [2.75, 3.05) is 13.2 Å². The standard InChI is InChI=1S/C7H9NO3.C5H6ClNO.C5H7NO2.C2H6O.C2H6.B.Cl2OS.Na.H/c1-3-10-7(9)6-4-5(2)11-8-6;1-4-2-5(3-6)7-8-4;1-4-2-5(3-7)6-8-4;1-2-3;1-2;;1-4(2)3;;/h4H,3H2,1-2H3;2H,3H2,1H3;2,7H,3H2,1H3;3H,2H2,1H3;1-2H3;;;;/q;;;;;;;+1;-1/i;;;;1D;;;;. The van der Waals surface area contributed by atoms with Gasteiger partial charge in [-0.1, -0.05) is 29.3 Å². The summed E-state index contributed by atoms with van der Waals surface area (Å²) in [7, 11) is 7.36. The van der Waals surface area contributed by atoms with Crippen molar-refractivity contribution in [3.8, 4) is 0 Å². The SMILES string of the molecule is CCO.CCOC(=O)c1cc(C)on1.Cc1cc(CCl)no1.Cc1cc(CO)no1.O=S(Cl)Cl.[2H]CC.[B].[H-].[Na+]. The van der Waals surface area contributed by atoms with Crippen LogP contribution in [0.2, 0.25) is 0 Å². The summed E-state index contributed by atoms with van der Waals surface area (Å²) in [5.74, 6) is 2.13. The maximum atomic E-state index is 10.9. The third-order valence-corrected chi connectivity index (χ3v) is 3.04. The molecule has 0 aliphatic carbocycles. The molecule has 3 aromatic heterocycles. The van der Waals surface area contributed by atoms with Gasteiger partial charge in [-0.25, -0.2) is 9.00 Å². The van der Waals surface area contributed by atoms with E-state index in [1.807, 2.05) is 13.0 Å². The number of aliphatic hydroxyl groups is 2. The van der Waals surface area contributed by atoms with Crippen LogP contribution in [0.25, 0.3) is 0 Å². The van der Waals surface area contributed by atoms with E-state index in [1.165, 1.54) is 6.07 Å². The van der Waals surface area contributed by atoms with Crippen molar-refractivity contribution in [1.82, 2.24) is 15.5 Å². The smallest absolute Gasteiger partial charge is 1.00 e. The second-order valence-corrected chi connectivity index (χ2v) is 8.48. The monoisotopic (exact) mass is 629 g/mol. The van der Waals surface area contributed by atoms with Crippen LogP contribution in [0, 0.1) is 20.8 Å². The Morgan fingerprint density at radius 2 is 1.39 bits per heavy atom. The Hall–Kier alpha value is -0.895. The molecule has 3 radical (unpaired) electrons. The zero-order valence-corrected chi connectivity index (χ0v) is 27.7. The Morgan fingerprint density at radius 3 is 1.61 bits per heavy atom. The molecule has 11 nitrogen and oxygen atoms in total. The van der Waals surface area contributed by atoms with E-state index in [4.69, 9.17) is 31.9 Å². The molecular formula is C21H35BCl3N3NaO8S. The fourth-order valence-corrected chi connectivity index (χ4v) is 1.77. The van der Waals surface area contributed by atoms with Crippen LogP contribution >= 0.6 is 33.0 Å². The first kappa shape index (κ1) is 44.1. The average molecular weight is 631 g/mol. The molecule has 17 heteroatoms. The van der Waals surface area contributed by atoms with Gasteiger partial charge in [0.15, 0.2) is 5.69 Å². The summed E-state index contributed by atoms with van der Waals surface area (Å²) < 4.78 is 34.0. The number of nitrogens with zero attached hydrogens (tertiary/aromatic N) is 3. The molecule has 0 bridgehead atoms. The molecule has 0 spiro atoms. The quantitative estimate of drug-likeness (QED) is 0.188. The Bertz CT molecular complexity index is 929. The van der Waals surface area contributed by atoms with Gasteiger partial charge in [-0.05, 0) is 34.6 Å². The predicted molar refractivity (Wildman–Crippen MR) is 146 cm³/mol. The minimum Gasteiger partial charge on any atom is -1.00 e. The summed E-state index contributed by atoms with van der Waals surface area (Å²) >= 11 is 5.42. The minimum absolute atomic E-state index is 0. The first-order chi connectivity index (χ1) is 17.4. The molecule has 38 heavy (non-hydrogen) atoms. The van der Waals surface area contributed by atoms with Crippen molar-refractivity contribution in [2.45, 2.75) is 60.9 Å². The number of hydrogen-bond donors (Lipinski definition) is 2. The fourth-order valence-electron chi connectivity index (χ4n) is 1.64. The van der Waals surface area contributed by atoms with Crippen LogP contribution in [0.15, 0.2) is 31.8 Å². The molecule has 213 valence electrons.